The Labute approximate surface area is 123 Å². The quantitative estimate of drug-likeness (QED) is 0.790. The molecule has 21 heavy (non-hydrogen) atoms. The number of hydrogen-bond donors (Lipinski definition) is 3. The number of aliphatic hydroxyl groups excluding tert-OH is 1. The molecule has 0 radical (unpaired) electrons. The zero-order chi connectivity index (χ0) is 15.0. The van der Waals surface area contributed by atoms with Gasteiger partial charge in [-0.1, -0.05) is 30.3 Å². The lowest BCUT2D eigenvalue weighted by Gasteiger charge is -2.18. The molecule has 0 saturated carbocycles. The van der Waals surface area contributed by atoms with E-state index in [4.69, 9.17) is 0 Å². The molecule has 0 aliphatic heterocycles. The molecule has 0 spiro atoms. The summed E-state index contributed by atoms with van der Waals surface area (Å²) in [5.41, 5.74) is 2.97. The van der Waals surface area contributed by atoms with Gasteiger partial charge < -0.3 is 15.5 Å². The topological polar surface area (TPSA) is 69.6 Å². The summed E-state index contributed by atoms with van der Waals surface area (Å²) in [7, 11) is 0. The second-order valence-electron chi connectivity index (χ2n) is 5.37. The number of nitrogens with one attached hydrogen (secondary N) is 1. The van der Waals surface area contributed by atoms with Gasteiger partial charge in [0.15, 0.2) is 0 Å². The van der Waals surface area contributed by atoms with Crippen LogP contribution in [0.2, 0.25) is 0 Å². The molecule has 4 nitrogen and oxygen atoms in total. The molecule has 0 unspecified atom stereocenters. The number of rotatable bonds is 2. The fraction of sp³-hybridized carbons (Fsp3) is 0.235. The SMILES string of the molecule is Cc1c(O)cccc1C(=O)N[C@@H]1c2ccccc2C[C@@H]1O. The van der Waals surface area contributed by atoms with Crippen LogP contribution in [0.1, 0.15) is 33.1 Å². The lowest BCUT2D eigenvalue weighted by Crippen LogP contribution is -2.34. The van der Waals surface area contributed by atoms with Crippen molar-refractivity contribution in [3.8, 4) is 5.75 Å². The molecule has 2 aromatic rings. The van der Waals surface area contributed by atoms with E-state index in [0.717, 1.165) is 11.1 Å². The Kier molecular flexibility index (Phi) is 3.39. The minimum Gasteiger partial charge on any atom is -0.508 e. The average Bonchev–Trinajstić information content (AvgIpc) is 2.78. The van der Waals surface area contributed by atoms with Crippen molar-refractivity contribution in [2.45, 2.75) is 25.5 Å². The lowest BCUT2D eigenvalue weighted by atomic mass is 10.0. The van der Waals surface area contributed by atoms with E-state index in [1.54, 1.807) is 25.1 Å². The first-order valence-electron chi connectivity index (χ1n) is 6.93. The number of carbonyl (C=O) groups is 1. The van der Waals surface area contributed by atoms with E-state index in [9.17, 15) is 15.0 Å². The van der Waals surface area contributed by atoms with Gasteiger partial charge in [0.05, 0.1) is 12.1 Å². The summed E-state index contributed by atoms with van der Waals surface area (Å²) >= 11 is 0. The van der Waals surface area contributed by atoms with Gasteiger partial charge in [-0.05, 0) is 30.2 Å². The summed E-state index contributed by atoms with van der Waals surface area (Å²) in [5.74, 6) is -0.195. The first-order chi connectivity index (χ1) is 10.1. The summed E-state index contributed by atoms with van der Waals surface area (Å²) < 4.78 is 0. The van der Waals surface area contributed by atoms with E-state index >= 15 is 0 Å². The van der Waals surface area contributed by atoms with Gasteiger partial charge in [-0.3, -0.25) is 4.79 Å². The summed E-state index contributed by atoms with van der Waals surface area (Å²) in [5, 5.41) is 22.7. The van der Waals surface area contributed by atoms with Crippen LogP contribution in [0.25, 0.3) is 0 Å². The van der Waals surface area contributed by atoms with Crippen LogP contribution >= 0.6 is 0 Å². The van der Waals surface area contributed by atoms with Crippen LogP contribution in [-0.4, -0.2) is 22.2 Å². The zero-order valence-corrected chi connectivity index (χ0v) is 11.7. The Hall–Kier alpha value is -2.33. The first-order valence-corrected chi connectivity index (χ1v) is 6.93. The Balaban J connectivity index is 1.87. The van der Waals surface area contributed by atoms with Crippen molar-refractivity contribution in [2.24, 2.45) is 0 Å². The van der Waals surface area contributed by atoms with Gasteiger partial charge in [0.2, 0.25) is 0 Å². The third-order valence-corrected chi connectivity index (χ3v) is 4.04. The van der Waals surface area contributed by atoms with Crippen molar-refractivity contribution in [3.63, 3.8) is 0 Å². The molecule has 0 saturated heterocycles. The molecule has 108 valence electrons. The van der Waals surface area contributed by atoms with Crippen molar-refractivity contribution in [1.29, 1.82) is 0 Å². The summed E-state index contributed by atoms with van der Waals surface area (Å²) in [6.07, 6.45) is -0.0795. The molecule has 1 aliphatic carbocycles. The van der Waals surface area contributed by atoms with E-state index in [1.165, 1.54) is 0 Å². The number of aliphatic hydroxyl groups is 1. The van der Waals surface area contributed by atoms with Gasteiger partial charge in [0.1, 0.15) is 5.75 Å². The molecule has 4 heteroatoms. The predicted molar refractivity (Wildman–Crippen MR) is 79.2 cm³/mol. The zero-order valence-electron chi connectivity index (χ0n) is 11.7. The number of fused-ring (bicyclic) bond motifs is 1. The van der Waals surface area contributed by atoms with E-state index in [0.29, 0.717) is 17.5 Å². The number of carbonyl (C=O) groups excluding carboxylic acids is 1. The van der Waals surface area contributed by atoms with Crippen LogP contribution in [0.5, 0.6) is 5.75 Å². The van der Waals surface area contributed by atoms with Crippen molar-refractivity contribution in [1.82, 2.24) is 5.32 Å². The summed E-state index contributed by atoms with van der Waals surface area (Å²) in [4.78, 5) is 12.4. The predicted octanol–water partition coefficient (Wildman–Crippen LogP) is 2.09. The van der Waals surface area contributed by atoms with Gasteiger partial charge in [-0.2, -0.15) is 0 Å². The molecule has 0 fully saturated rings. The number of phenolic OH excluding ortho intramolecular Hbond substituents is 1. The normalized spacial score (nSPS) is 20.1. The minimum absolute atomic E-state index is 0.0926. The molecule has 1 amide bonds. The Morgan fingerprint density at radius 1 is 1.19 bits per heavy atom. The van der Waals surface area contributed by atoms with Crippen molar-refractivity contribution in [3.05, 3.63) is 64.7 Å². The average molecular weight is 283 g/mol. The maximum atomic E-state index is 12.4. The van der Waals surface area contributed by atoms with Crippen LogP contribution in [0.3, 0.4) is 0 Å². The molecular formula is C17H17NO3. The Morgan fingerprint density at radius 3 is 2.76 bits per heavy atom. The molecule has 0 heterocycles. The highest BCUT2D eigenvalue weighted by Crippen LogP contribution is 2.31. The van der Waals surface area contributed by atoms with Crippen LogP contribution < -0.4 is 5.32 Å². The maximum absolute atomic E-state index is 12.4. The molecule has 3 rings (SSSR count). The Bertz CT molecular complexity index is 696. The number of hydrogen-bond acceptors (Lipinski definition) is 3. The Morgan fingerprint density at radius 2 is 1.95 bits per heavy atom. The van der Waals surface area contributed by atoms with Crippen molar-refractivity contribution in [2.75, 3.05) is 0 Å². The summed E-state index contributed by atoms with van der Waals surface area (Å²) in [6.45, 7) is 1.70. The van der Waals surface area contributed by atoms with Gasteiger partial charge in [-0.15, -0.1) is 0 Å². The van der Waals surface area contributed by atoms with Crippen LogP contribution in [0.4, 0.5) is 0 Å². The van der Waals surface area contributed by atoms with Crippen LogP contribution in [-0.2, 0) is 6.42 Å². The molecule has 2 atom stereocenters. The molecule has 0 bridgehead atoms. The minimum atomic E-state index is -0.621. The van der Waals surface area contributed by atoms with E-state index in [2.05, 4.69) is 5.32 Å². The third-order valence-electron chi connectivity index (χ3n) is 4.04. The van der Waals surface area contributed by atoms with E-state index < -0.39 is 12.1 Å². The molecular weight excluding hydrogens is 266 g/mol. The summed E-state index contributed by atoms with van der Waals surface area (Å²) in [6, 6.07) is 12.1. The molecule has 1 aliphatic rings. The number of benzene rings is 2. The second-order valence-corrected chi connectivity index (χ2v) is 5.37. The standard InChI is InChI=1S/C17H17NO3/c1-10-12(7-4-8-14(10)19)17(21)18-16-13-6-3-2-5-11(13)9-15(16)20/h2-8,15-16,19-20H,9H2,1H3,(H,18,21)/t15-,16+/m0/s1. The maximum Gasteiger partial charge on any atom is 0.252 e. The van der Waals surface area contributed by atoms with Gasteiger partial charge in [0.25, 0.3) is 5.91 Å². The molecule has 2 aromatic carbocycles. The monoisotopic (exact) mass is 283 g/mol. The van der Waals surface area contributed by atoms with Crippen LogP contribution in [0, 0.1) is 6.92 Å². The highest BCUT2D eigenvalue weighted by Gasteiger charge is 2.32. The smallest absolute Gasteiger partial charge is 0.252 e. The highest BCUT2D eigenvalue weighted by atomic mass is 16.3. The lowest BCUT2D eigenvalue weighted by molar-refractivity contribution is 0.0857. The molecule has 3 N–H and O–H groups in total. The second kappa shape index (κ2) is 5.22. The van der Waals surface area contributed by atoms with Crippen LogP contribution in [0.15, 0.2) is 42.5 Å². The first kappa shape index (κ1) is 13.6. The largest absolute Gasteiger partial charge is 0.508 e. The van der Waals surface area contributed by atoms with E-state index in [-0.39, 0.29) is 11.7 Å². The van der Waals surface area contributed by atoms with Gasteiger partial charge >= 0.3 is 0 Å². The van der Waals surface area contributed by atoms with Gasteiger partial charge in [0, 0.05) is 17.5 Å². The third kappa shape index (κ3) is 2.38. The fourth-order valence-electron chi connectivity index (χ4n) is 2.84. The fourth-order valence-corrected chi connectivity index (χ4v) is 2.84. The number of phenols is 1. The van der Waals surface area contributed by atoms with Crippen molar-refractivity contribution < 1.29 is 15.0 Å². The number of aromatic hydroxyl groups is 1. The highest BCUT2D eigenvalue weighted by molar-refractivity contribution is 5.96. The van der Waals surface area contributed by atoms with E-state index in [1.807, 2.05) is 24.3 Å². The molecule has 0 aromatic heterocycles. The van der Waals surface area contributed by atoms with Gasteiger partial charge in [-0.25, -0.2) is 0 Å². The number of amides is 1. The van der Waals surface area contributed by atoms with Crippen molar-refractivity contribution >= 4 is 5.91 Å².